The highest BCUT2D eigenvalue weighted by atomic mass is 16.6. The van der Waals surface area contributed by atoms with Crippen LogP contribution in [0, 0.1) is 10.1 Å². The lowest BCUT2D eigenvalue weighted by Crippen LogP contribution is -2.01. The molecule has 8 nitrogen and oxygen atoms in total. The van der Waals surface area contributed by atoms with Gasteiger partial charge in [0.1, 0.15) is 16.9 Å². The van der Waals surface area contributed by atoms with Crippen molar-refractivity contribution < 1.29 is 29.8 Å². The lowest BCUT2D eigenvalue weighted by molar-refractivity contribution is -0.385. The van der Waals surface area contributed by atoms with Crippen LogP contribution >= 0.6 is 0 Å². The third kappa shape index (κ3) is 4.30. The van der Waals surface area contributed by atoms with Gasteiger partial charge in [-0.15, -0.1) is 0 Å². The number of carboxylic acids is 2. The molecule has 0 aliphatic rings. The molecule has 0 aliphatic heterocycles. The van der Waals surface area contributed by atoms with Crippen LogP contribution in [0.1, 0.15) is 20.7 Å². The fourth-order valence-corrected chi connectivity index (χ4v) is 1.47. The number of carbonyl (C=O) groups is 2. The lowest BCUT2D eigenvalue weighted by Gasteiger charge is -1.95. The Kier molecular flexibility index (Phi) is 5.58. The summed E-state index contributed by atoms with van der Waals surface area (Å²) in [5, 5.41) is 36.1. The molecule has 0 heterocycles. The number of para-hydroxylation sites is 2. The van der Waals surface area contributed by atoms with Crippen LogP contribution in [0.15, 0.2) is 48.5 Å². The van der Waals surface area contributed by atoms with Crippen molar-refractivity contribution in [2.75, 3.05) is 0 Å². The highest BCUT2D eigenvalue weighted by molar-refractivity contribution is 5.92. The van der Waals surface area contributed by atoms with Gasteiger partial charge in [0.2, 0.25) is 0 Å². The highest BCUT2D eigenvalue weighted by Crippen LogP contribution is 2.16. The Hall–Kier alpha value is -3.42. The van der Waals surface area contributed by atoms with Crippen LogP contribution in [0.4, 0.5) is 5.69 Å². The number of phenols is 1. The minimum absolute atomic E-state index is 0.0671. The molecule has 22 heavy (non-hydrogen) atoms. The fourth-order valence-electron chi connectivity index (χ4n) is 1.47. The molecular formula is C14H11NO7. The largest absolute Gasteiger partial charge is 0.507 e. The summed E-state index contributed by atoms with van der Waals surface area (Å²) in [6.07, 6.45) is 0. The van der Waals surface area contributed by atoms with E-state index in [1.165, 1.54) is 30.3 Å². The molecule has 114 valence electrons. The number of hydrogen-bond donors (Lipinski definition) is 3. The van der Waals surface area contributed by atoms with Crippen LogP contribution in [-0.4, -0.2) is 32.2 Å². The molecule has 0 unspecified atom stereocenters. The monoisotopic (exact) mass is 305 g/mol. The molecule has 0 saturated heterocycles. The van der Waals surface area contributed by atoms with Gasteiger partial charge < -0.3 is 15.3 Å². The summed E-state index contributed by atoms with van der Waals surface area (Å²) in [4.78, 5) is 30.2. The molecule has 0 aliphatic carbocycles. The zero-order valence-corrected chi connectivity index (χ0v) is 11.0. The molecule has 8 heteroatoms. The molecule has 2 aromatic carbocycles. The number of carboxylic acid groups (broad SMARTS) is 2. The van der Waals surface area contributed by atoms with E-state index in [1.807, 2.05) is 0 Å². The first-order valence-electron chi connectivity index (χ1n) is 5.82. The van der Waals surface area contributed by atoms with E-state index in [0.29, 0.717) is 0 Å². The summed E-state index contributed by atoms with van der Waals surface area (Å²) in [6, 6.07) is 11.0. The molecule has 0 bridgehead atoms. The number of hydrogen-bond acceptors (Lipinski definition) is 5. The first kappa shape index (κ1) is 16.6. The van der Waals surface area contributed by atoms with Crippen molar-refractivity contribution in [3.05, 3.63) is 69.8 Å². The molecule has 2 rings (SSSR count). The second-order valence-corrected chi connectivity index (χ2v) is 3.90. The van der Waals surface area contributed by atoms with Gasteiger partial charge in [-0.25, -0.2) is 9.59 Å². The summed E-state index contributed by atoms with van der Waals surface area (Å²) in [6.45, 7) is 0. The molecular weight excluding hydrogens is 294 g/mol. The lowest BCUT2D eigenvalue weighted by atomic mass is 10.2. The van der Waals surface area contributed by atoms with Crippen molar-refractivity contribution in [1.29, 1.82) is 0 Å². The maximum Gasteiger partial charge on any atom is 0.342 e. The Bertz CT molecular complexity index is 679. The Morgan fingerprint density at radius 2 is 1.32 bits per heavy atom. The molecule has 0 radical (unpaired) electrons. The van der Waals surface area contributed by atoms with Crippen molar-refractivity contribution in [2.45, 2.75) is 0 Å². The zero-order valence-electron chi connectivity index (χ0n) is 11.0. The SMILES string of the molecule is O=C(O)c1ccccc1O.O=C(O)c1ccccc1[N+](=O)[O-]. The fraction of sp³-hybridized carbons (Fsp3) is 0. The van der Waals surface area contributed by atoms with Gasteiger partial charge >= 0.3 is 11.9 Å². The van der Waals surface area contributed by atoms with Gasteiger partial charge in [0.05, 0.1) is 4.92 Å². The van der Waals surface area contributed by atoms with Gasteiger partial charge in [0.25, 0.3) is 5.69 Å². The van der Waals surface area contributed by atoms with E-state index in [4.69, 9.17) is 15.3 Å². The van der Waals surface area contributed by atoms with E-state index in [0.717, 1.165) is 6.07 Å². The number of benzene rings is 2. The third-order valence-corrected chi connectivity index (χ3v) is 2.47. The van der Waals surface area contributed by atoms with Gasteiger partial charge in [-0.3, -0.25) is 10.1 Å². The van der Waals surface area contributed by atoms with E-state index in [1.54, 1.807) is 12.1 Å². The minimum atomic E-state index is -1.29. The molecule has 0 amide bonds. The van der Waals surface area contributed by atoms with E-state index >= 15 is 0 Å². The highest BCUT2D eigenvalue weighted by Gasteiger charge is 2.17. The Morgan fingerprint density at radius 3 is 1.68 bits per heavy atom. The van der Waals surface area contributed by atoms with Crippen molar-refractivity contribution in [3.8, 4) is 5.75 Å². The number of rotatable bonds is 3. The van der Waals surface area contributed by atoms with Crippen LogP contribution < -0.4 is 0 Å². The van der Waals surface area contributed by atoms with Crippen molar-refractivity contribution in [3.63, 3.8) is 0 Å². The number of aromatic hydroxyl groups is 1. The third-order valence-electron chi connectivity index (χ3n) is 2.47. The van der Waals surface area contributed by atoms with Gasteiger partial charge in [0.15, 0.2) is 0 Å². The first-order valence-corrected chi connectivity index (χ1v) is 5.82. The normalized spacial score (nSPS) is 9.27. The number of nitro benzene ring substituents is 1. The van der Waals surface area contributed by atoms with E-state index in [-0.39, 0.29) is 22.6 Å². The summed E-state index contributed by atoms with van der Waals surface area (Å²) in [5.41, 5.74) is -0.741. The van der Waals surface area contributed by atoms with Crippen LogP contribution in [0.25, 0.3) is 0 Å². The summed E-state index contributed by atoms with van der Waals surface area (Å²) in [7, 11) is 0. The van der Waals surface area contributed by atoms with Gasteiger partial charge in [-0.2, -0.15) is 0 Å². The Balaban J connectivity index is 0.000000224. The van der Waals surface area contributed by atoms with Crippen LogP contribution in [0.5, 0.6) is 5.75 Å². The second-order valence-electron chi connectivity index (χ2n) is 3.90. The molecule has 0 aromatic heterocycles. The Labute approximate surface area is 124 Å². The standard InChI is InChI=1S/C7H5NO4.C7H6O3/c9-7(10)5-3-1-2-4-6(5)8(11)12;8-6-4-2-1-3-5(6)7(9)10/h1-4H,(H,9,10);1-4,8H,(H,9,10). The minimum Gasteiger partial charge on any atom is -0.507 e. The number of nitrogens with zero attached hydrogens (tertiary/aromatic N) is 1. The Morgan fingerprint density at radius 1 is 0.864 bits per heavy atom. The topological polar surface area (TPSA) is 138 Å². The van der Waals surface area contributed by atoms with Crippen molar-refractivity contribution in [2.24, 2.45) is 0 Å². The summed E-state index contributed by atoms with van der Waals surface area (Å²) < 4.78 is 0. The average molecular weight is 305 g/mol. The summed E-state index contributed by atoms with van der Waals surface area (Å²) in [5.74, 6) is -2.60. The maximum atomic E-state index is 10.4. The zero-order chi connectivity index (χ0) is 16.7. The number of aromatic carboxylic acids is 2. The number of nitro groups is 1. The van der Waals surface area contributed by atoms with Gasteiger partial charge in [-0.1, -0.05) is 24.3 Å². The first-order chi connectivity index (χ1) is 10.3. The summed E-state index contributed by atoms with van der Waals surface area (Å²) >= 11 is 0. The second kappa shape index (κ2) is 7.39. The molecule has 3 N–H and O–H groups in total. The van der Waals surface area contributed by atoms with Crippen LogP contribution in [-0.2, 0) is 0 Å². The molecule has 0 saturated carbocycles. The maximum absolute atomic E-state index is 10.4. The molecule has 0 fully saturated rings. The average Bonchev–Trinajstić information content (AvgIpc) is 2.48. The van der Waals surface area contributed by atoms with Gasteiger partial charge in [0, 0.05) is 6.07 Å². The van der Waals surface area contributed by atoms with E-state index in [2.05, 4.69) is 0 Å². The molecule has 2 aromatic rings. The van der Waals surface area contributed by atoms with Crippen LogP contribution in [0.3, 0.4) is 0 Å². The predicted octanol–water partition coefficient (Wildman–Crippen LogP) is 2.38. The van der Waals surface area contributed by atoms with Crippen LogP contribution in [0.2, 0.25) is 0 Å². The van der Waals surface area contributed by atoms with Crippen molar-refractivity contribution in [1.82, 2.24) is 0 Å². The van der Waals surface area contributed by atoms with Gasteiger partial charge in [-0.05, 0) is 18.2 Å². The quantitative estimate of drug-likeness (QED) is 0.584. The molecule has 0 spiro atoms. The van der Waals surface area contributed by atoms with E-state index < -0.39 is 16.9 Å². The smallest absolute Gasteiger partial charge is 0.342 e. The molecule has 0 atom stereocenters. The predicted molar refractivity (Wildman–Crippen MR) is 75.1 cm³/mol. The van der Waals surface area contributed by atoms with E-state index in [9.17, 15) is 19.7 Å². The van der Waals surface area contributed by atoms with Crippen molar-refractivity contribution >= 4 is 17.6 Å².